The van der Waals surface area contributed by atoms with Crippen LogP contribution in [0.2, 0.25) is 0 Å². The molecule has 0 aromatic heterocycles. The van der Waals surface area contributed by atoms with Crippen molar-refractivity contribution < 1.29 is 0 Å². The lowest BCUT2D eigenvalue weighted by molar-refractivity contribution is 0.603. The summed E-state index contributed by atoms with van der Waals surface area (Å²) < 4.78 is 0. The van der Waals surface area contributed by atoms with Crippen molar-refractivity contribution in [3.8, 4) is 33.4 Å². The molecule has 0 spiro atoms. The van der Waals surface area contributed by atoms with E-state index in [1.807, 2.05) is 0 Å². The summed E-state index contributed by atoms with van der Waals surface area (Å²) >= 11 is 0. The lowest BCUT2D eigenvalue weighted by Gasteiger charge is -2.45. The standard InChI is InChI=1S/C65H56N2/c1-63(2)53-21-13-15-23-59(53)66(49-17-9-7-10-18-49)61-37-33-46(41-57(61)63)45-30-27-43(28-31-45)25-26-44-29-35-51-52-36-32-47(40-56(52)65(5,6)55(51)39-44)48-34-38-62-58(42-48)64(3,4)54-22-14-16-24-60(54)67(62)50-19-11-8-12-20-50/h7-13,15,17-42H,14,16H2,1-6H3/b26-25+. The van der Waals surface area contributed by atoms with Gasteiger partial charge in [-0.2, -0.15) is 0 Å². The summed E-state index contributed by atoms with van der Waals surface area (Å²) in [5.74, 6) is 0. The monoisotopic (exact) mass is 864 g/mol. The molecule has 0 radical (unpaired) electrons. The minimum Gasteiger partial charge on any atom is -0.310 e. The topological polar surface area (TPSA) is 6.48 Å². The first kappa shape index (κ1) is 41.0. The molecule has 0 saturated carbocycles. The molecule has 4 aliphatic rings. The molecule has 0 N–H and O–H groups in total. The summed E-state index contributed by atoms with van der Waals surface area (Å²) in [6.07, 6.45) is 11.6. The predicted octanol–water partition coefficient (Wildman–Crippen LogP) is 17.6. The van der Waals surface area contributed by atoms with Crippen LogP contribution in [0.3, 0.4) is 0 Å². The van der Waals surface area contributed by atoms with Crippen LogP contribution in [-0.4, -0.2) is 0 Å². The number of nitrogens with zero attached hydrogens (tertiary/aromatic N) is 2. The van der Waals surface area contributed by atoms with Gasteiger partial charge in [-0.15, -0.1) is 0 Å². The van der Waals surface area contributed by atoms with Crippen molar-refractivity contribution in [2.75, 3.05) is 9.80 Å². The Morgan fingerprint density at radius 3 is 1.52 bits per heavy atom. The van der Waals surface area contributed by atoms with Gasteiger partial charge in [0.15, 0.2) is 0 Å². The molecule has 0 amide bonds. The minimum absolute atomic E-state index is 0.111. The van der Waals surface area contributed by atoms with Crippen LogP contribution in [0.25, 0.3) is 45.5 Å². The van der Waals surface area contributed by atoms with E-state index in [0.29, 0.717) is 0 Å². The Bertz CT molecular complexity index is 3360. The molecule has 2 heterocycles. The molecular formula is C65H56N2. The van der Waals surface area contributed by atoms with Crippen molar-refractivity contribution in [1.82, 2.24) is 0 Å². The maximum Gasteiger partial charge on any atom is 0.0503 e. The largest absolute Gasteiger partial charge is 0.310 e. The molecule has 0 fully saturated rings. The van der Waals surface area contributed by atoms with Gasteiger partial charge in [0.25, 0.3) is 0 Å². The summed E-state index contributed by atoms with van der Waals surface area (Å²) in [6, 6.07) is 67.9. The van der Waals surface area contributed by atoms with Gasteiger partial charge in [-0.3, -0.25) is 0 Å². The Hall–Kier alpha value is -7.42. The fourth-order valence-corrected chi connectivity index (χ4v) is 11.7. The number of para-hydroxylation sites is 3. The van der Waals surface area contributed by atoms with Gasteiger partial charge in [0.2, 0.25) is 0 Å². The highest BCUT2D eigenvalue weighted by atomic mass is 15.2. The maximum absolute atomic E-state index is 2.48. The van der Waals surface area contributed by atoms with Crippen LogP contribution >= 0.6 is 0 Å². The first-order valence-electron chi connectivity index (χ1n) is 24.1. The SMILES string of the molecule is CC1(C)C2=CCCC=C2N(c2ccccc2)c2ccc(-c3ccc4c(c3)C(C)(C)c3cc(/C=C/c5ccc(-c6ccc7c(c6)C(C)(C)c6ccccc6N7c6ccccc6)cc5)ccc3-4)cc21. The van der Waals surface area contributed by atoms with Crippen molar-refractivity contribution in [3.05, 3.63) is 244 Å². The van der Waals surface area contributed by atoms with E-state index >= 15 is 0 Å². The smallest absolute Gasteiger partial charge is 0.0503 e. The third-order valence-electron chi connectivity index (χ3n) is 15.5. The fraction of sp³-hybridized carbons (Fsp3) is 0.169. The molecule has 0 unspecified atom stereocenters. The lowest BCUT2D eigenvalue weighted by Crippen LogP contribution is -2.36. The molecule has 67 heavy (non-hydrogen) atoms. The van der Waals surface area contributed by atoms with E-state index in [1.165, 1.54) is 112 Å². The van der Waals surface area contributed by atoms with E-state index in [-0.39, 0.29) is 16.2 Å². The summed E-state index contributed by atoms with van der Waals surface area (Å²) in [5, 5.41) is 0. The average molecular weight is 865 g/mol. The second-order valence-corrected chi connectivity index (χ2v) is 20.5. The second kappa shape index (κ2) is 15.3. The van der Waals surface area contributed by atoms with Gasteiger partial charge < -0.3 is 9.80 Å². The van der Waals surface area contributed by atoms with Crippen molar-refractivity contribution in [2.45, 2.75) is 70.6 Å². The third-order valence-corrected chi connectivity index (χ3v) is 15.5. The van der Waals surface area contributed by atoms with Crippen molar-refractivity contribution in [1.29, 1.82) is 0 Å². The Balaban J connectivity index is 0.811. The van der Waals surface area contributed by atoms with Gasteiger partial charge >= 0.3 is 0 Å². The fourth-order valence-electron chi connectivity index (χ4n) is 11.7. The van der Waals surface area contributed by atoms with Crippen LogP contribution in [-0.2, 0) is 16.2 Å². The first-order chi connectivity index (χ1) is 32.5. The highest BCUT2D eigenvalue weighted by Gasteiger charge is 2.41. The normalized spacial score (nSPS) is 16.8. The molecule has 8 aromatic carbocycles. The van der Waals surface area contributed by atoms with Crippen LogP contribution in [0.4, 0.5) is 28.4 Å². The van der Waals surface area contributed by atoms with E-state index in [9.17, 15) is 0 Å². The molecule has 2 aliphatic heterocycles. The van der Waals surface area contributed by atoms with E-state index in [4.69, 9.17) is 0 Å². The highest BCUT2D eigenvalue weighted by Crippen LogP contribution is 2.55. The molecule has 2 aliphatic carbocycles. The zero-order valence-electron chi connectivity index (χ0n) is 39.4. The quantitative estimate of drug-likeness (QED) is 0.154. The Labute approximate surface area is 396 Å². The Kier molecular flexibility index (Phi) is 9.39. The lowest BCUT2D eigenvalue weighted by atomic mass is 9.70. The number of hydrogen-bond acceptors (Lipinski definition) is 2. The number of benzene rings is 8. The van der Waals surface area contributed by atoms with Gasteiger partial charge in [0.05, 0.1) is 17.1 Å². The first-order valence-corrected chi connectivity index (χ1v) is 24.1. The molecule has 2 nitrogen and oxygen atoms in total. The van der Waals surface area contributed by atoms with Crippen LogP contribution in [0.15, 0.2) is 205 Å². The predicted molar refractivity (Wildman–Crippen MR) is 284 cm³/mol. The average Bonchev–Trinajstić information content (AvgIpc) is 3.58. The summed E-state index contributed by atoms with van der Waals surface area (Å²) in [4.78, 5) is 4.90. The summed E-state index contributed by atoms with van der Waals surface area (Å²) in [5.41, 5.74) is 25.4. The summed E-state index contributed by atoms with van der Waals surface area (Å²) in [7, 11) is 0. The van der Waals surface area contributed by atoms with E-state index in [2.05, 4.69) is 258 Å². The summed E-state index contributed by atoms with van der Waals surface area (Å²) in [6.45, 7) is 14.3. The molecule has 0 atom stereocenters. The Morgan fingerprint density at radius 1 is 0.358 bits per heavy atom. The van der Waals surface area contributed by atoms with Crippen LogP contribution in [0, 0.1) is 0 Å². The van der Waals surface area contributed by atoms with Gasteiger partial charge in [-0.05, 0) is 151 Å². The van der Waals surface area contributed by atoms with Gasteiger partial charge in [0, 0.05) is 33.3 Å². The van der Waals surface area contributed by atoms with Gasteiger partial charge in [-0.25, -0.2) is 0 Å². The molecule has 326 valence electrons. The van der Waals surface area contributed by atoms with E-state index < -0.39 is 0 Å². The zero-order chi connectivity index (χ0) is 45.7. The number of fused-ring (bicyclic) bond motifs is 7. The van der Waals surface area contributed by atoms with Gasteiger partial charge in [0.1, 0.15) is 0 Å². The van der Waals surface area contributed by atoms with Crippen LogP contribution in [0.5, 0.6) is 0 Å². The molecule has 12 rings (SSSR count). The van der Waals surface area contributed by atoms with Crippen molar-refractivity contribution in [3.63, 3.8) is 0 Å². The third kappa shape index (κ3) is 6.52. The van der Waals surface area contributed by atoms with Crippen molar-refractivity contribution >= 4 is 40.6 Å². The zero-order valence-corrected chi connectivity index (χ0v) is 39.4. The minimum atomic E-state index is -0.148. The van der Waals surface area contributed by atoms with Crippen molar-refractivity contribution in [2.24, 2.45) is 0 Å². The second-order valence-electron chi connectivity index (χ2n) is 20.5. The maximum atomic E-state index is 2.48. The Morgan fingerprint density at radius 2 is 0.821 bits per heavy atom. The molecular weight excluding hydrogens is 809 g/mol. The number of rotatable bonds is 6. The number of allylic oxidation sites excluding steroid dienone is 3. The molecule has 2 heteroatoms. The molecule has 0 bridgehead atoms. The van der Waals surface area contributed by atoms with Gasteiger partial charge in [-0.1, -0.05) is 187 Å². The van der Waals surface area contributed by atoms with Crippen LogP contribution in [0.1, 0.15) is 93.3 Å². The highest BCUT2D eigenvalue weighted by molar-refractivity contribution is 5.89. The van der Waals surface area contributed by atoms with Crippen LogP contribution < -0.4 is 9.80 Å². The van der Waals surface area contributed by atoms with E-state index in [1.54, 1.807) is 0 Å². The molecule has 0 saturated heterocycles. The molecule has 8 aromatic rings. The number of hydrogen-bond donors (Lipinski definition) is 0. The number of anilines is 5. The van der Waals surface area contributed by atoms with E-state index in [0.717, 1.165) is 12.8 Å².